The van der Waals surface area contributed by atoms with Crippen LogP contribution in [0.4, 0.5) is 4.39 Å². The fourth-order valence-electron chi connectivity index (χ4n) is 1.67. The molecule has 0 amide bonds. The van der Waals surface area contributed by atoms with Crippen LogP contribution >= 0.6 is 15.9 Å². The molecule has 2 aromatic rings. The molecule has 0 aliphatic heterocycles. The van der Waals surface area contributed by atoms with Gasteiger partial charge in [-0.15, -0.1) is 0 Å². The number of hydrogen-bond donors (Lipinski definition) is 1. The first-order valence-corrected chi connectivity index (χ1v) is 6.63. The fourth-order valence-corrected chi connectivity index (χ4v) is 2.23. The molecule has 7 heteroatoms. The van der Waals surface area contributed by atoms with E-state index in [1.807, 2.05) is 0 Å². The maximum Gasteiger partial charge on any atom is 0.335 e. The maximum atomic E-state index is 13.0. The van der Waals surface area contributed by atoms with Gasteiger partial charge < -0.3 is 14.6 Å². The number of carbonyl (C=O) groups is 1. The zero-order valence-corrected chi connectivity index (χ0v) is 12.6. The van der Waals surface area contributed by atoms with Crippen molar-refractivity contribution in [2.45, 2.75) is 6.61 Å². The zero-order valence-electron chi connectivity index (χ0n) is 11.0. The Bertz CT molecular complexity index is 678. The summed E-state index contributed by atoms with van der Waals surface area (Å²) in [4.78, 5) is 14.7. The number of pyridine rings is 1. The highest BCUT2D eigenvalue weighted by molar-refractivity contribution is 9.10. The highest BCUT2D eigenvalue weighted by Crippen LogP contribution is 2.37. The number of aromatic nitrogens is 1. The van der Waals surface area contributed by atoms with Crippen molar-refractivity contribution in [3.05, 3.63) is 52.0 Å². The number of ether oxygens (including phenoxy) is 2. The summed E-state index contributed by atoms with van der Waals surface area (Å²) in [6.45, 7) is 0.0755. The zero-order chi connectivity index (χ0) is 15.4. The third kappa shape index (κ3) is 3.69. The van der Waals surface area contributed by atoms with E-state index in [9.17, 15) is 9.18 Å². The topological polar surface area (TPSA) is 68.7 Å². The van der Waals surface area contributed by atoms with Gasteiger partial charge in [-0.1, -0.05) is 0 Å². The molecule has 5 nitrogen and oxygen atoms in total. The van der Waals surface area contributed by atoms with Crippen molar-refractivity contribution in [3.8, 4) is 11.5 Å². The molecule has 0 atom stereocenters. The van der Waals surface area contributed by atoms with Crippen LogP contribution in [0, 0.1) is 5.82 Å². The van der Waals surface area contributed by atoms with E-state index in [4.69, 9.17) is 14.6 Å². The molecule has 0 radical (unpaired) electrons. The van der Waals surface area contributed by atoms with Crippen LogP contribution in [0.2, 0.25) is 0 Å². The summed E-state index contributed by atoms with van der Waals surface area (Å²) < 4.78 is 24.2. The number of benzene rings is 1. The van der Waals surface area contributed by atoms with Gasteiger partial charge in [0.05, 0.1) is 23.3 Å². The van der Waals surface area contributed by atoms with Gasteiger partial charge in [-0.3, -0.25) is 4.98 Å². The van der Waals surface area contributed by atoms with E-state index in [1.165, 1.54) is 31.5 Å². The van der Waals surface area contributed by atoms with Crippen molar-refractivity contribution in [2.24, 2.45) is 0 Å². The van der Waals surface area contributed by atoms with E-state index in [-0.39, 0.29) is 17.9 Å². The minimum Gasteiger partial charge on any atom is -0.493 e. The number of methoxy groups -OCH3 is 1. The Kier molecular flexibility index (Phi) is 4.74. The second kappa shape index (κ2) is 6.53. The van der Waals surface area contributed by atoms with E-state index >= 15 is 0 Å². The molecule has 1 N–H and O–H groups in total. The summed E-state index contributed by atoms with van der Waals surface area (Å²) >= 11 is 3.24. The van der Waals surface area contributed by atoms with Crippen molar-refractivity contribution in [2.75, 3.05) is 7.11 Å². The summed E-state index contributed by atoms with van der Waals surface area (Å²) in [7, 11) is 1.41. The van der Waals surface area contributed by atoms with Gasteiger partial charge >= 0.3 is 5.97 Å². The van der Waals surface area contributed by atoms with Gasteiger partial charge in [-0.2, -0.15) is 0 Å². The second-order valence-electron chi connectivity index (χ2n) is 4.09. The molecule has 2 rings (SSSR count). The molecule has 21 heavy (non-hydrogen) atoms. The third-order valence-corrected chi connectivity index (χ3v) is 3.21. The van der Waals surface area contributed by atoms with E-state index in [2.05, 4.69) is 20.9 Å². The van der Waals surface area contributed by atoms with Gasteiger partial charge in [0, 0.05) is 11.8 Å². The van der Waals surface area contributed by atoms with E-state index in [0.29, 0.717) is 15.8 Å². The normalized spacial score (nSPS) is 10.2. The number of nitrogens with zero attached hydrogens (tertiary/aromatic N) is 1. The Morgan fingerprint density at radius 3 is 2.76 bits per heavy atom. The molecule has 0 bridgehead atoms. The predicted molar refractivity (Wildman–Crippen MR) is 76.2 cm³/mol. The van der Waals surface area contributed by atoms with Crippen molar-refractivity contribution >= 4 is 21.9 Å². The molecule has 1 aromatic heterocycles. The number of hydrogen-bond acceptors (Lipinski definition) is 4. The van der Waals surface area contributed by atoms with Crippen molar-refractivity contribution < 1.29 is 23.8 Å². The lowest BCUT2D eigenvalue weighted by Gasteiger charge is -2.13. The Hall–Kier alpha value is -2.15. The van der Waals surface area contributed by atoms with Gasteiger partial charge in [0.2, 0.25) is 0 Å². The van der Waals surface area contributed by atoms with Crippen LogP contribution in [0.5, 0.6) is 11.5 Å². The van der Waals surface area contributed by atoms with E-state index in [0.717, 1.165) is 6.20 Å². The van der Waals surface area contributed by atoms with Gasteiger partial charge in [-0.05, 0) is 34.1 Å². The molecule has 0 saturated heterocycles. The molecule has 0 spiro atoms. The summed E-state index contributed by atoms with van der Waals surface area (Å²) in [6.07, 6.45) is 2.58. The quantitative estimate of drug-likeness (QED) is 0.891. The van der Waals surface area contributed by atoms with Gasteiger partial charge in [-0.25, -0.2) is 9.18 Å². The summed E-state index contributed by atoms with van der Waals surface area (Å²) in [5.41, 5.74) is 0.616. The van der Waals surface area contributed by atoms with E-state index < -0.39 is 11.8 Å². The Labute approximate surface area is 128 Å². The van der Waals surface area contributed by atoms with Crippen LogP contribution in [0.15, 0.2) is 35.1 Å². The minimum atomic E-state index is -1.07. The van der Waals surface area contributed by atoms with Gasteiger partial charge in [0.1, 0.15) is 12.4 Å². The molecule has 0 saturated carbocycles. The van der Waals surface area contributed by atoms with Crippen LogP contribution in [-0.4, -0.2) is 23.2 Å². The largest absolute Gasteiger partial charge is 0.493 e. The standard InChI is InChI=1S/C14H11BrFNO4/c1-20-12-4-9(14(18)19)3-11(15)13(12)21-7-8-2-10(16)6-17-5-8/h2-6H,7H2,1H3,(H,18,19). The highest BCUT2D eigenvalue weighted by atomic mass is 79.9. The van der Waals surface area contributed by atoms with Crippen molar-refractivity contribution in [1.29, 1.82) is 0 Å². The monoisotopic (exact) mass is 355 g/mol. The van der Waals surface area contributed by atoms with Gasteiger partial charge in [0.15, 0.2) is 11.5 Å². The van der Waals surface area contributed by atoms with Crippen molar-refractivity contribution in [1.82, 2.24) is 4.98 Å². The second-order valence-corrected chi connectivity index (χ2v) is 4.95. The minimum absolute atomic E-state index is 0.0681. The molecule has 0 aliphatic carbocycles. The number of carboxylic acids is 1. The first kappa shape index (κ1) is 15.2. The van der Waals surface area contributed by atoms with Gasteiger partial charge in [0.25, 0.3) is 0 Å². The molecule has 0 fully saturated rings. The molecular weight excluding hydrogens is 345 g/mol. The first-order chi connectivity index (χ1) is 10.0. The van der Waals surface area contributed by atoms with Crippen LogP contribution < -0.4 is 9.47 Å². The fraction of sp³-hybridized carbons (Fsp3) is 0.143. The predicted octanol–water partition coefficient (Wildman–Crippen LogP) is 3.27. The number of carboxylic acid groups (broad SMARTS) is 1. The van der Waals surface area contributed by atoms with Crippen LogP contribution in [0.1, 0.15) is 15.9 Å². The maximum absolute atomic E-state index is 13.0. The Morgan fingerprint density at radius 2 is 2.14 bits per heavy atom. The Balaban J connectivity index is 2.25. The molecule has 1 heterocycles. The SMILES string of the molecule is COc1cc(C(=O)O)cc(Br)c1OCc1cncc(F)c1. The molecule has 0 unspecified atom stereocenters. The molecule has 0 aliphatic rings. The third-order valence-electron chi connectivity index (χ3n) is 2.62. The van der Waals surface area contributed by atoms with Crippen molar-refractivity contribution in [3.63, 3.8) is 0 Å². The lowest BCUT2D eigenvalue weighted by molar-refractivity contribution is 0.0696. The van der Waals surface area contributed by atoms with E-state index in [1.54, 1.807) is 0 Å². The number of rotatable bonds is 5. The average molecular weight is 356 g/mol. The smallest absolute Gasteiger partial charge is 0.335 e. The lowest BCUT2D eigenvalue weighted by Crippen LogP contribution is -2.02. The molecule has 1 aromatic carbocycles. The summed E-state index contributed by atoms with van der Waals surface area (Å²) in [5, 5.41) is 8.99. The summed E-state index contributed by atoms with van der Waals surface area (Å²) in [5.74, 6) is -0.920. The van der Waals surface area contributed by atoms with Crippen LogP contribution in [-0.2, 0) is 6.61 Å². The number of halogens is 2. The molecular formula is C14H11BrFNO4. The van der Waals surface area contributed by atoms with Crippen LogP contribution in [0.3, 0.4) is 0 Å². The lowest BCUT2D eigenvalue weighted by atomic mass is 10.2. The highest BCUT2D eigenvalue weighted by Gasteiger charge is 2.15. The summed E-state index contributed by atoms with van der Waals surface area (Å²) in [6, 6.07) is 4.06. The molecule has 110 valence electrons. The number of aromatic carboxylic acids is 1. The van der Waals surface area contributed by atoms with Crippen LogP contribution in [0.25, 0.3) is 0 Å². The Morgan fingerprint density at radius 1 is 1.38 bits per heavy atom. The first-order valence-electron chi connectivity index (χ1n) is 5.84. The average Bonchev–Trinajstić information content (AvgIpc) is 2.45.